The van der Waals surface area contributed by atoms with Crippen LogP contribution >= 0.6 is 7.82 Å². The van der Waals surface area contributed by atoms with Crippen LogP contribution in [0.15, 0.2) is 72.8 Å². The fraction of sp³-hybridized carbons (Fsp3) is 0.100. The average Bonchev–Trinajstić information content (AvgIpc) is 2.60. The molecule has 0 aliphatic carbocycles. The van der Waals surface area contributed by atoms with E-state index in [0.717, 1.165) is 0 Å². The lowest BCUT2D eigenvalue weighted by molar-refractivity contribution is 0.102. The molecule has 0 saturated heterocycles. The van der Waals surface area contributed by atoms with E-state index in [0.29, 0.717) is 0 Å². The molecular weight excluding hydrogens is 367 g/mol. The van der Waals surface area contributed by atoms with Crippen molar-refractivity contribution >= 4 is 19.4 Å². The van der Waals surface area contributed by atoms with Crippen LogP contribution in [-0.2, 0) is 4.57 Å². The first kappa shape index (κ1) is 20.4. The molecule has 1 N–H and O–H groups in total. The normalized spacial score (nSPS) is 10.8. The van der Waals surface area contributed by atoms with Crippen LogP contribution < -0.4 is 9.05 Å². The van der Waals surface area contributed by atoms with Crippen LogP contribution in [0.4, 0.5) is 0 Å². The van der Waals surface area contributed by atoms with Gasteiger partial charge in [-0.05, 0) is 49.3 Å². The van der Waals surface area contributed by atoms with Gasteiger partial charge in [0, 0.05) is 0 Å². The van der Waals surface area contributed by atoms with Gasteiger partial charge in [0.2, 0.25) is 0 Å². The van der Waals surface area contributed by atoms with Gasteiger partial charge in [-0.1, -0.05) is 37.4 Å². The molecule has 0 aliphatic heterocycles. The van der Waals surface area contributed by atoms with Crippen LogP contribution in [0.3, 0.4) is 0 Å². The van der Waals surface area contributed by atoms with Gasteiger partial charge in [0.05, 0.1) is 11.1 Å². The number of ketones is 2. The van der Waals surface area contributed by atoms with Crippen molar-refractivity contribution in [3.8, 4) is 11.5 Å². The summed E-state index contributed by atoms with van der Waals surface area (Å²) >= 11 is 0. The van der Waals surface area contributed by atoms with Crippen molar-refractivity contribution in [3.05, 3.63) is 84.0 Å². The maximum atomic E-state index is 12.5. The molecule has 7 heteroatoms. The Hall–Kier alpha value is -2.95. The molecule has 0 unspecified atom stereocenters. The Labute approximate surface area is 157 Å². The number of Topliss-reactive ketones (excluding diaryl/α,β-unsaturated/α-hetero) is 2. The van der Waals surface area contributed by atoms with E-state index in [1.165, 1.54) is 38.1 Å². The predicted molar refractivity (Wildman–Crippen MR) is 102 cm³/mol. The van der Waals surface area contributed by atoms with Gasteiger partial charge in [-0.25, -0.2) is 4.57 Å². The highest BCUT2D eigenvalue weighted by atomic mass is 31.2. The van der Waals surface area contributed by atoms with Gasteiger partial charge in [0.1, 0.15) is 11.5 Å². The third-order valence-electron chi connectivity index (χ3n) is 3.47. The number of hydrogen-bond donors (Lipinski definition) is 1. The highest BCUT2D eigenvalue weighted by Gasteiger charge is 2.29. The van der Waals surface area contributed by atoms with Crippen LogP contribution in [0.1, 0.15) is 34.6 Å². The van der Waals surface area contributed by atoms with Gasteiger partial charge in [0.25, 0.3) is 0 Å². The Morgan fingerprint density at radius 2 is 1.15 bits per heavy atom. The number of carbonyl (C=O) groups is 2. The monoisotopic (exact) mass is 386 g/mol. The summed E-state index contributed by atoms with van der Waals surface area (Å²) in [5.41, 5.74) is 0.651. The summed E-state index contributed by atoms with van der Waals surface area (Å²) in [5, 5.41) is 0. The van der Waals surface area contributed by atoms with Crippen molar-refractivity contribution in [3.63, 3.8) is 0 Å². The quantitative estimate of drug-likeness (QED) is 0.400. The topological polar surface area (TPSA) is 89.9 Å². The van der Waals surface area contributed by atoms with Crippen LogP contribution in [0.2, 0.25) is 0 Å². The highest BCUT2D eigenvalue weighted by molar-refractivity contribution is 7.48. The highest BCUT2D eigenvalue weighted by Crippen LogP contribution is 2.46. The molecule has 0 heterocycles. The second-order valence-electron chi connectivity index (χ2n) is 5.86. The lowest BCUT2D eigenvalue weighted by Crippen LogP contribution is -2.08. The van der Waals surface area contributed by atoms with Gasteiger partial charge in [-0.15, -0.1) is 0 Å². The van der Waals surface area contributed by atoms with E-state index in [-0.39, 0.29) is 33.8 Å². The number of phosphoric acid groups is 1. The molecule has 0 amide bonds. The smallest absolute Gasteiger partial charge is 0.394 e. The summed E-state index contributed by atoms with van der Waals surface area (Å²) < 4.78 is 22.7. The molecule has 0 spiro atoms. The average molecular weight is 386 g/mol. The fourth-order valence-corrected chi connectivity index (χ4v) is 3.05. The summed E-state index contributed by atoms with van der Waals surface area (Å²) in [5.74, 6) is -1.10. The SMILES string of the molecule is C=C(C)C(=O)c1ccccc1OP(=O)(O)Oc1ccccc1C(=O)C(=C)C. The molecule has 0 aromatic heterocycles. The number of benzene rings is 2. The van der Waals surface area contributed by atoms with Crippen molar-refractivity contribution in [1.82, 2.24) is 0 Å². The predicted octanol–water partition coefficient (Wildman–Crippen LogP) is 4.76. The summed E-state index contributed by atoms with van der Waals surface area (Å²) in [6.45, 7) is 10.2. The van der Waals surface area contributed by atoms with E-state index >= 15 is 0 Å². The zero-order valence-corrected chi connectivity index (χ0v) is 15.9. The number of rotatable bonds is 8. The standard InChI is InChI=1S/C20H19O6P/c1-13(2)19(21)15-9-5-7-11-17(15)25-27(23,24)26-18-12-8-6-10-16(18)20(22)14(3)4/h5-12H,1,3H2,2,4H3,(H,23,24). The van der Waals surface area contributed by atoms with E-state index in [4.69, 9.17) is 9.05 Å². The van der Waals surface area contributed by atoms with E-state index < -0.39 is 19.4 Å². The first-order valence-electron chi connectivity index (χ1n) is 7.93. The molecule has 2 aromatic carbocycles. The van der Waals surface area contributed by atoms with Crippen molar-refractivity contribution in [2.24, 2.45) is 0 Å². The first-order chi connectivity index (χ1) is 12.6. The van der Waals surface area contributed by atoms with E-state index in [9.17, 15) is 19.0 Å². The third kappa shape index (κ3) is 5.03. The second-order valence-corrected chi connectivity index (χ2v) is 7.16. The zero-order valence-electron chi connectivity index (χ0n) is 15.0. The Balaban J connectivity index is 2.34. The number of allylic oxidation sites excluding steroid dienone is 2. The van der Waals surface area contributed by atoms with Crippen molar-refractivity contribution in [2.75, 3.05) is 0 Å². The minimum atomic E-state index is -4.69. The number of phosphoric ester groups is 1. The molecule has 0 bridgehead atoms. The number of hydrogen-bond acceptors (Lipinski definition) is 5. The van der Waals surface area contributed by atoms with E-state index in [1.807, 2.05) is 0 Å². The first-order valence-corrected chi connectivity index (χ1v) is 9.42. The van der Waals surface area contributed by atoms with Crippen LogP contribution in [0.25, 0.3) is 0 Å². The van der Waals surface area contributed by atoms with E-state index in [1.54, 1.807) is 24.3 Å². The second kappa shape index (κ2) is 8.16. The molecule has 0 saturated carbocycles. The molecule has 0 atom stereocenters. The van der Waals surface area contributed by atoms with Gasteiger partial charge in [-0.3, -0.25) is 14.5 Å². The zero-order chi connectivity index (χ0) is 20.2. The van der Waals surface area contributed by atoms with Crippen molar-refractivity contribution in [2.45, 2.75) is 13.8 Å². The fourth-order valence-electron chi connectivity index (χ4n) is 2.19. The van der Waals surface area contributed by atoms with Gasteiger partial charge in [0.15, 0.2) is 11.6 Å². The Morgan fingerprint density at radius 3 is 1.48 bits per heavy atom. The maximum Gasteiger partial charge on any atom is 0.584 e. The van der Waals surface area contributed by atoms with Crippen LogP contribution in [0, 0.1) is 0 Å². The summed E-state index contributed by atoms with van der Waals surface area (Å²) in [6.07, 6.45) is 0. The van der Waals surface area contributed by atoms with Crippen LogP contribution in [0.5, 0.6) is 11.5 Å². The minimum absolute atomic E-state index is 0.0779. The molecule has 2 rings (SSSR count). The maximum absolute atomic E-state index is 12.5. The summed E-state index contributed by atoms with van der Waals surface area (Å²) in [6, 6.07) is 11.9. The Kier molecular flexibility index (Phi) is 6.16. The van der Waals surface area contributed by atoms with Gasteiger partial charge >= 0.3 is 7.82 Å². The molecule has 6 nitrogen and oxygen atoms in total. The number of para-hydroxylation sites is 2. The van der Waals surface area contributed by atoms with E-state index in [2.05, 4.69) is 13.2 Å². The molecule has 0 aliphatic rings. The Bertz CT molecular complexity index is 900. The van der Waals surface area contributed by atoms with Gasteiger partial charge < -0.3 is 9.05 Å². The van der Waals surface area contributed by atoms with Crippen LogP contribution in [-0.4, -0.2) is 16.5 Å². The molecular formula is C20H19O6P. The van der Waals surface area contributed by atoms with Gasteiger partial charge in [-0.2, -0.15) is 0 Å². The molecule has 2 aromatic rings. The third-order valence-corrected chi connectivity index (χ3v) is 4.32. The molecule has 140 valence electrons. The van der Waals surface area contributed by atoms with Crippen molar-refractivity contribution in [1.29, 1.82) is 0 Å². The largest absolute Gasteiger partial charge is 0.584 e. The lowest BCUT2D eigenvalue weighted by atomic mass is 10.1. The molecule has 27 heavy (non-hydrogen) atoms. The summed E-state index contributed by atoms with van der Waals surface area (Å²) in [4.78, 5) is 34.5. The molecule has 0 fully saturated rings. The lowest BCUT2D eigenvalue weighted by Gasteiger charge is -2.17. The minimum Gasteiger partial charge on any atom is -0.394 e. The molecule has 0 radical (unpaired) electrons. The number of carbonyl (C=O) groups excluding carboxylic acids is 2. The van der Waals surface area contributed by atoms with Crippen molar-refractivity contribution < 1.29 is 28.1 Å². The summed E-state index contributed by atoms with van der Waals surface area (Å²) in [7, 11) is -4.69. The Morgan fingerprint density at radius 1 is 0.815 bits per heavy atom.